The van der Waals surface area contributed by atoms with Crippen LogP contribution in [-0.4, -0.2) is 41.2 Å². The lowest BCUT2D eigenvalue weighted by atomic mass is 10.4. The first-order valence-electron chi connectivity index (χ1n) is 3.14. The van der Waals surface area contributed by atoms with Crippen LogP contribution in [0, 0.1) is 0 Å². The number of aliphatic hydroxyl groups excluding tert-OH is 2. The fourth-order valence-electron chi connectivity index (χ4n) is 0.367. The van der Waals surface area contributed by atoms with Crippen LogP contribution in [0.5, 0.6) is 0 Å². The third-order valence-corrected chi connectivity index (χ3v) is 1.87. The molecule has 2 unspecified atom stereocenters. The second-order valence-electron chi connectivity index (χ2n) is 1.97. The molecule has 0 aliphatic carbocycles. The van der Waals surface area contributed by atoms with Crippen molar-refractivity contribution in [3.63, 3.8) is 0 Å². The van der Waals surface area contributed by atoms with E-state index in [1.165, 1.54) is 0 Å². The summed E-state index contributed by atoms with van der Waals surface area (Å²) < 4.78 is 5.10. The van der Waals surface area contributed by atoms with E-state index < -0.39 is 6.10 Å². The number of thioether (sulfide) groups is 1. The van der Waals surface area contributed by atoms with Crippen LogP contribution in [0.4, 0.5) is 0 Å². The molecule has 0 aliphatic heterocycles. The van der Waals surface area contributed by atoms with Crippen molar-refractivity contribution in [2.24, 2.45) is 0 Å². The predicted molar refractivity (Wildman–Crippen MR) is 42.0 cm³/mol. The third kappa shape index (κ3) is 5.05. The van der Waals surface area contributed by atoms with Crippen LogP contribution in [0.2, 0.25) is 0 Å². The molecule has 0 aliphatic rings. The fourth-order valence-corrected chi connectivity index (χ4v) is 0.582. The number of hydrogen-bond acceptors (Lipinski definition) is 4. The predicted octanol–water partition coefficient (Wildman–Crippen LogP) is 0.0652. The average Bonchev–Trinajstić information content (AvgIpc) is 1.99. The highest BCUT2D eigenvalue weighted by atomic mass is 32.2. The van der Waals surface area contributed by atoms with Gasteiger partial charge in [0, 0.05) is 0 Å². The lowest BCUT2D eigenvalue weighted by Crippen LogP contribution is -2.21. The first kappa shape index (κ1) is 10.2. The van der Waals surface area contributed by atoms with Gasteiger partial charge in [0.15, 0.2) is 0 Å². The molecule has 0 fully saturated rings. The van der Waals surface area contributed by atoms with Crippen LogP contribution in [0.3, 0.4) is 0 Å². The Morgan fingerprint density at radius 1 is 1.60 bits per heavy atom. The van der Waals surface area contributed by atoms with Crippen molar-refractivity contribution in [3.05, 3.63) is 0 Å². The van der Waals surface area contributed by atoms with Gasteiger partial charge in [0.2, 0.25) is 0 Å². The SMILES string of the molecule is CSC(C)OCC(O)CO. The summed E-state index contributed by atoms with van der Waals surface area (Å²) in [4.78, 5) is 0. The quantitative estimate of drug-likeness (QED) is 0.567. The molecule has 0 aromatic carbocycles. The molecule has 0 saturated carbocycles. The van der Waals surface area contributed by atoms with Gasteiger partial charge in [0.05, 0.1) is 18.6 Å². The number of ether oxygens (including phenoxy) is 1. The first-order valence-corrected chi connectivity index (χ1v) is 4.42. The van der Waals surface area contributed by atoms with Crippen LogP contribution in [-0.2, 0) is 4.74 Å². The van der Waals surface area contributed by atoms with Crippen LogP contribution in [0.25, 0.3) is 0 Å². The Balaban J connectivity index is 3.17. The number of hydrogen-bond donors (Lipinski definition) is 2. The van der Waals surface area contributed by atoms with E-state index in [0.717, 1.165) is 0 Å². The maximum absolute atomic E-state index is 8.82. The minimum Gasteiger partial charge on any atom is -0.394 e. The molecule has 0 amide bonds. The Bertz CT molecular complexity index is 69.4. The minimum absolute atomic E-state index is 0.0844. The molecular formula is C6H14O3S. The van der Waals surface area contributed by atoms with Crippen LogP contribution >= 0.6 is 11.8 Å². The molecule has 0 heterocycles. The maximum Gasteiger partial charge on any atom is 0.100 e. The molecule has 4 heteroatoms. The van der Waals surface area contributed by atoms with E-state index in [-0.39, 0.29) is 18.6 Å². The largest absolute Gasteiger partial charge is 0.394 e. The lowest BCUT2D eigenvalue weighted by molar-refractivity contribution is 0.00183. The molecule has 0 aromatic heterocycles. The monoisotopic (exact) mass is 166 g/mol. The summed E-state index contributed by atoms with van der Waals surface area (Å²) in [6.07, 6.45) is 1.19. The topological polar surface area (TPSA) is 49.7 Å². The second-order valence-corrected chi connectivity index (χ2v) is 3.11. The van der Waals surface area contributed by atoms with Crippen LogP contribution in [0.1, 0.15) is 6.92 Å². The molecule has 0 aromatic rings. The maximum atomic E-state index is 8.82. The van der Waals surface area contributed by atoms with Crippen molar-refractivity contribution in [3.8, 4) is 0 Å². The molecule has 0 spiro atoms. The smallest absolute Gasteiger partial charge is 0.100 e. The van der Waals surface area contributed by atoms with E-state index in [1.807, 2.05) is 13.2 Å². The van der Waals surface area contributed by atoms with E-state index in [9.17, 15) is 0 Å². The average molecular weight is 166 g/mol. The highest BCUT2D eigenvalue weighted by Crippen LogP contribution is 2.06. The van der Waals surface area contributed by atoms with Gasteiger partial charge in [-0.05, 0) is 13.2 Å². The summed E-state index contributed by atoms with van der Waals surface area (Å²) in [5.74, 6) is 0. The van der Waals surface area contributed by atoms with Crippen LogP contribution in [0.15, 0.2) is 0 Å². The Morgan fingerprint density at radius 3 is 2.60 bits per heavy atom. The van der Waals surface area contributed by atoms with Gasteiger partial charge >= 0.3 is 0 Å². The molecule has 0 rings (SSSR count). The Hall–Kier alpha value is 0.230. The Morgan fingerprint density at radius 2 is 2.20 bits per heavy atom. The standard InChI is InChI=1S/C6H14O3S/c1-5(10-2)9-4-6(8)3-7/h5-8H,3-4H2,1-2H3. The Kier molecular flexibility index (Phi) is 6.11. The van der Waals surface area contributed by atoms with Crippen molar-refractivity contribution in [2.45, 2.75) is 18.5 Å². The van der Waals surface area contributed by atoms with E-state index in [2.05, 4.69) is 0 Å². The fraction of sp³-hybridized carbons (Fsp3) is 1.00. The zero-order valence-electron chi connectivity index (χ0n) is 6.28. The molecule has 62 valence electrons. The summed E-state index contributed by atoms with van der Waals surface area (Å²) in [5, 5.41) is 17.2. The molecule has 10 heavy (non-hydrogen) atoms. The Labute approximate surface area is 65.4 Å². The third-order valence-electron chi connectivity index (χ3n) is 1.07. The van der Waals surface area contributed by atoms with Gasteiger partial charge in [-0.3, -0.25) is 0 Å². The zero-order chi connectivity index (χ0) is 7.98. The number of aliphatic hydroxyl groups is 2. The van der Waals surface area contributed by atoms with Gasteiger partial charge in [0.25, 0.3) is 0 Å². The van der Waals surface area contributed by atoms with E-state index in [0.29, 0.717) is 0 Å². The lowest BCUT2D eigenvalue weighted by Gasteiger charge is -2.12. The normalized spacial score (nSPS) is 16.8. The van der Waals surface area contributed by atoms with Crippen molar-refractivity contribution in [2.75, 3.05) is 19.5 Å². The summed E-state index contributed by atoms with van der Waals surface area (Å²) >= 11 is 1.56. The van der Waals surface area contributed by atoms with Crippen molar-refractivity contribution >= 4 is 11.8 Å². The van der Waals surface area contributed by atoms with Gasteiger partial charge in [-0.25, -0.2) is 0 Å². The first-order chi connectivity index (χ1) is 4.70. The summed E-state index contributed by atoms with van der Waals surface area (Å²) in [6.45, 7) is 1.87. The van der Waals surface area contributed by atoms with Crippen molar-refractivity contribution in [1.82, 2.24) is 0 Å². The zero-order valence-corrected chi connectivity index (χ0v) is 7.10. The number of rotatable bonds is 5. The molecule has 0 saturated heterocycles. The minimum atomic E-state index is -0.741. The molecule has 2 N–H and O–H groups in total. The van der Waals surface area contributed by atoms with Gasteiger partial charge in [0.1, 0.15) is 6.10 Å². The molecular weight excluding hydrogens is 152 g/mol. The second kappa shape index (κ2) is 5.97. The molecule has 2 atom stereocenters. The summed E-state index contributed by atoms with van der Waals surface area (Å²) in [5.41, 5.74) is 0.0844. The molecule has 0 bridgehead atoms. The van der Waals surface area contributed by atoms with Crippen molar-refractivity contribution in [1.29, 1.82) is 0 Å². The highest BCUT2D eigenvalue weighted by Gasteiger charge is 2.04. The summed E-state index contributed by atoms with van der Waals surface area (Å²) in [6, 6.07) is 0. The molecule has 3 nitrogen and oxygen atoms in total. The van der Waals surface area contributed by atoms with Gasteiger partial charge < -0.3 is 14.9 Å². The summed E-state index contributed by atoms with van der Waals surface area (Å²) in [7, 11) is 0. The highest BCUT2D eigenvalue weighted by molar-refractivity contribution is 7.99. The van der Waals surface area contributed by atoms with E-state index in [1.54, 1.807) is 11.8 Å². The van der Waals surface area contributed by atoms with E-state index >= 15 is 0 Å². The van der Waals surface area contributed by atoms with E-state index in [4.69, 9.17) is 14.9 Å². The van der Waals surface area contributed by atoms with Gasteiger partial charge in [-0.2, -0.15) is 0 Å². The molecule has 0 radical (unpaired) electrons. The van der Waals surface area contributed by atoms with Gasteiger partial charge in [-0.15, -0.1) is 11.8 Å². The van der Waals surface area contributed by atoms with Gasteiger partial charge in [-0.1, -0.05) is 0 Å². The van der Waals surface area contributed by atoms with Crippen molar-refractivity contribution < 1.29 is 14.9 Å². The van der Waals surface area contributed by atoms with Crippen LogP contribution < -0.4 is 0 Å².